The number of amides is 2. The largest absolute Gasteiger partial charge is 0.480 e. The summed E-state index contributed by atoms with van der Waals surface area (Å²) in [6.45, 7) is 5.26. The van der Waals surface area contributed by atoms with Crippen molar-refractivity contribution in [3.8, 4) is 11.1 Å². The van der Waals surface area contributed by atoms with E-state index in [4.69, 9.17) is 9.84 Å². The lowest BCUT2D eigenvalue weighted by Crippen LogP contribution is -2.48. The minimum atomic E-state index is -1.40. The lowest BCUT2D eigenvalue weighted by atomic mass is 9.84. The number of carbonyl (C=O) groups excluding carboxylic acids is 2. The molecule has 0 saturated heterocycles. The number of hydrogen-bond acceptors (Lipinski definition) is 5. The molecule has 2 aromatic carbocycles. The zero-order valence-corrected chi connectivity index (χ0v) is 19.7. The molecule has 0 aliphatic heterocycles. The van der Waals surface area contributed by atoms with Crippen LogP contribution in [-0.2, 0) is 14.3 Å². The number of ether oxygens (including phenoxy) is 1. The van der Waals surface area contributed by atoms with Crippen molar-refractivity contribution < 1.29 is 29.3 Å². The third-order valence-corrected chi connectivity index (χ3v) is 5.86. The summed E-state index contributed by atoms with van der Waals surface area (Å²) in [4.78, 5) is 36.3. The van der Waals surface area contributed by atoms with E-state index < -0.39 is 36.5 Å². The fourth-order valence-corrected chi connectivity index (χ4v) is 4.33. The number of carbonyl (C=O) groups is 3. The summed E-state index contributed by atoms with van der Waals surface area (Å²) in [6, 6.07) is 14.7. The molecule has 2 atom stereocenters. The van der Waals surface area contributed by atoms with Crippen LogP contribution in [0.15, 0.2) is 48.5 Å². The fourth-order valence-electron chi connectivity index (χ4n) is 4.33. The number of aliphatic hydroxyl groups is 1. The van der Waals surface area contributed by atoms with Crippen LogP contribution in [0.3, 0.4) is 0 Å². The number of alkyl carbamates (subject to hydrolysis) is 1. The molecule has 0 saturated carbocycles. The van der Waals surface area contributed by atoms with Crippen LogP contribution >= 0.6 is 0 Å². The van der Waals surface area contributed by atoms with Gasteiger partial charge >= 0.3 is 12.1 Å². The van der Waals surface area contributed by atoms with E-state index in [0.717, 1.165) is 22.3 Å². The number of aliphatic carboxylic acids is 1. The van der Waals surface area contributed by atoms with Crippen molar-refractivity contribution in [1.82, 2.24) is 10.6 Å². The van der Waals surface area contributed by atoms with Gasteiger partial charge in [0, 0.05) is 12.5 Å². The Morgan fingerprint density at radius 3 is 2.06 bits per heavy atom. The molecule has 8 heteroatoms. The SMILES string of the molecule is CC(C)(C)CC(CNC(=O)OCC1c2ccccc2-c2ccccc21)C(=O)NC(CO)C(=O)O. The second-order valence-electron chi connectivity index (χ2n) is 9.75. The Bertz CT molecular complexity index is 1000. The first-order valence-corrected chi connectivity index (χ1v) is 11.3. The molecule has 0 heterocycles. The Morgan fingerprint density at radius 2 is 1.56 bits per heavy atom. The predicted molar refractivity (Wildman–Crippen MR) is 127 cm³/mol. The van der Waals surface area contributed by atoms with E-state index in [9.17, 15) is 19.5 Å². The van der Waals surface area contributed by atoms with E-state index in [0.29, 0.717) is 6.42 Å². The lowest BCUT2D eigenvalue weighted by Gasteiger charge is -2.26. The van der Waals surface area contributed by atoms with Crippen LogP contribution in [0.1, 0.15) is 44.2 Å². The first-order chi connectivity index (χ1) is 16.1. The van der Waals surface area contributed by atoms with Crippen LogP contribution < -0.4 is 10.6 Å². The van der Waals surface area contributed by atoms with Crippen LogP contribution in [-0.4, -0.2) is 54.0 Å². The number of hydrogen-bond donors (Lipinski definition) is 4. The normalized spacial score (nSPS) is 14.5. The first-order valence-electron chi connectivity index (χ1n) is 11.3. The summed E-state index contributed by atoms with van der Waals surface area (Å²) >= 11 is 0. The molecule has 0 bridgehead atoms. The van der Waals surface area contributed by atoms with Gasteiger partial charge in [-0.25, -0.2) is 9.59 Å². The summed E-state index contributed by atoms with van der Waals surface area (Å²) < 4.78 is 5.52. The molecule has 4 N–H and O–H groups in total. The van der Waals surface area contributed by atoms with Gasteiger partial charge in [-0.1, -0.05) is 69.3 Å². The summed E-state index contributed by atoms with van der Waals surface area (Å²) in [5.74, 6) is -2.63. The van der Waals surface area contributed by atoms with E-state index >= 15 is 0 Å². The average molecular weight is 469 g/mol. The topological polar surface area (TPSA) is 125 Å². The molecular formula is C26H32N2O6. The van der Waals surface area contributed by atoms with Crippen LogP contribution in [0.4, 0.5) is 4.79 Å². The van der Waals surface area contributed by atoms with Gasteiger partial charge in [-0.3, -0.25) is 4.79 Å². The number of carboxylic acids is 1. The molecule has 0 aromatic heterocycles. The van der Waals surface area contributed by atoms with Crippen molar-refractivity contribution in [3.63, 3.8) is 0 Å². The van der Waals surface area contributed by atoms with Gasteiger partial charge in [0.05, 0.1) is 12.5 Å². The van der Waals surface area contributed by atoms with Gasteiger partial charge in [0.15, 0.2) is 0 Å². The Kier molecular flexibility index (Phi) is 7.94. The van der Waals surface area contributed by atoms with E-state index in [1.165, 1.54) is 0 Å². The highest BCUT2D eigenvalue weighted by Gasteiger charge is 2.31. The van der Waals surface area contributed by atoms with E-state index in [2.05, 4.69) is 22.8 Å². The Morgan fingerprint density at radius 1 is 1.00 bits per heavy atom. The van der Waals surface area contributed by atoms with Gasteiger partial charge in [0.2, 0.25) is 5.91 Å². The molecule has 3 rings (SSSR count). The van der Waals surface area contributed by atoms with Gasteiger partial charge in [-0.2, -0.15) is 0 Å². The highest BCUT2D eigenvalue weighted by molar-refractivity contribution is 5.85. The summed E-state index contributed by atoms with van der Waals surface area (Å²) in [5.41, 5.74) is 4.22. The van der Waals surface area contributed by atoms with Crippen molar-refractivity contribution in [1.29, 1.82) is 0 Å². The quantitative estimate of drug-likeness (QED) is 0.448. The second-order valence-corrected chi connectivity index (χ2v) is 9.75. The third-order valence-electron chi connectivity index (χ3n) is 5.86. The molecule has 2 amide bonds. The smallest absolute Gasteiger partial charge is 0.407 e. The zero-order valence-electron chi connectivity index (χ0n) is 19.7. The monoisotopic (exact) mass is 468 g/mol. The van der Waals surface area contributed by atoms with E-state index in [-0.39, 0.29) is 24.5 Å². The maximum Gasteiger partial charge on any atom is 0.407 e. The molecule has 182 valence electrons. The maximum atomic E-state index is 12.7. The molecule has 2 aromatic rings. The van der Waals surface area contributed by atoms with E-state index in [1.54, 1.807) is 0 Å². The van der Waals surface area contributed by atoms with Gasteiger partial charge in [0.1, 0.15) is 12.6 Å². The van der Waals surface area contributed by atoms with Crippen LogP contribution in [0.2, 0.25) is 0 Å². The maximum absolute atomic E-state index is 12.7. The van der Waals surface area contributed by atoms with Gasteiger partial charge in [-0.05, 0) is 34.1 Å². The molecule has 0 spiro atoms. The van der Waals surface area contributed by atoms with Gasteiger partial charge in [0.25, 0.3) is 0 Å². The molecule has 1 aliphatic carbocycles. The Hall–Kier alpha value is -3.39. The van der Waals surface area contributed by atoms with Crippen molar-refractivity contribution >= 4 is 18.0 Å². The standard InChI is InChI=1S/C26H32N2O6/c1-26(2,3)12-16(23(30)28-22(14-29)24(31)32)13-27-25(33)34-15-21-19-10-6-4-8-17(19)18-9-5-7-11-20(18)21/h4-11,16,21-22,29H,12-15H2,1-3H3,(H,27,33)(H,28,30)(H,31,32). The molecule has 1 aliphatic rings. The summed E-state index contributed by atoms with van der Waals surface area (Å²) in [5, 5.41) is 23.3. The van der Waals surface area contributed by atoms with Crippen molar-refractivity contribution in [3.05, 3.63) is 59.7 Å². The van der Waals surface area contributed by atoms with Crippen molar-refractivity contribution in [2.45, 2.75) is 39.2 Å². The van der Waals surface area contributed by atoms with Gasteiger partial charge < -0.3 is 25.6 Å². The van der Waals surface area contributed by atoms with Crippen LogP contribution in [0, 0.1) is 11.3 Å². The predicted octanol–water partition coefficient (Wildman–Crippen LogP) is 3.14. The Balaban J connectivity index is 1.62. The number of benzene rings is 2. The summed E-state index contributed by atoms with van der Waals surface area (Å²) in [7, 11) is 0. The number of rotatable bonds is 9. The van der Waals surface area contributed by atoms with Crippen LogP contribution in [0.25, 0.3) is 11.1 Å². The van der Waals surface area contributed by atoms with E-state index in [1.807, 2.05) is 57.2 Å². The van der Waals surface area contributed by atoms with Crippen molar-refractivity contribution in [2.24, 2.45) is 11.3 Å². The number of nitrogens with one attached hydrogen (secondary N) is 2. The summed E-state index contributed by atoms with van der Waals surface area (Å²) in [6.07, 6.45) is -0.245. The molecule has 2 unspecified atom stereocenters. The number of aliphatic hydroxyl groups excluding tert-OH is 1. The fraction of sp³-hybridized carbons (Fsp3) is 0.423. The highest BCUT2D eigenvalue weighted by atomic mass is 16.5. The molecular weight excluding hydrogens is 436 g/mol. The van der Waals surface area contributed by atoms with Crippen LogP contribution in [0.5, 0.6) is 0 Å². The number of fused-ring (bicyclic) bond motifs is 3. The highest BCUT2D eigenvalue weighted by Crippen LogP contribution is 2.44. The minimum Gasteiger partial charge on any atom is -0.480 e. The first kappa shape index (κ1) is 25.2. The number of carboxylic acid groups (broad SMARTS) is 1. The molecule has 0 fully saturated rings. The Labute approximate surface area is 199 Å². The average Bonchev–Trinajstić information content (AvgIpc) is 3.11. The zero-order chi connectivity index (χ0) is 24.9. The molecule has 8 nitrogen and oxygen atoms in total. The second kappa shape index (κ2) is 10.7. The van der Waals surface area contributed by atoms with Crippen molar-refractivity contribution in [2.75, 3.05) is 19.8 Å². The molecule has 0 radical (unpaired) electrons. The molecule has 34 heavy (non-hydrogen) atoms. The minimum absolute atomic E-state index is 0.0163. The van der Waals surface area contributed by atoms with Gasteiger partial charge in [-0.15, -0.1) is 0 Å². The third kappa shape index (κ3) is 6.14. The lowest BCUT2D eigenvalue weighted by molar-refractivity contribution is -0.143.